The molecule has 0 fully saturated rings. The minimum absolute atomic E-state index is 0.701. The summed E-state index contributed by atoms with van der Waals surface area (Å²) in [5.41, 5.74) is 8.70. The Labute approximate surface area is 93.7 Å². The van der Waals surface area contributed by atoms with Gasteiger partial charge in [-0.3, -0.25) is 0 Å². The molecule has 0 radical (unpaired) electrons. The Kier molecular flexibility index (Phi) is 3.05. The highest BCUT2D eigenvalue weighted by molar-refractivity contribution is 5.58. The topological polar surface area (TPSA) is 77.0 Å². The van der Waals surface area contributed by atoms with E-state index in [0.717, 1.165) is 29.9 Å². The van der Waals surface area contributed by atoms with Gasteiger partial charge in [-0.05, 0) is 24.6 Å². The van der Waals surface area contributed by atoms with Gasteiger partial charge in [0.2, 0.25) is 6.39 Å². The molecule has 0 saturated carbocycles. The summed E-state index contributed by atoms with van der Waals surface area (Å²) >= 11 is 0. The normalized spacial score (nSPS) is 10.3. The summed E-state index contributed by atoms with van der Waals surface area (Å²) in [5, 5.41) is 6.98. The molecule has 84 valence electrons. The van der Waals surface area contributed by atoms with Gasteiger partial charge in [0, 0.05) is 24.3 Å². The molecule has 0 saturated heterocycles. The van der Waals surface area contributed by atoms with Crippen LogP contribution in [0.1, 0.15) is 11.4 Å². The number of hydrogen-bond acceptors (Lipinski definition) is 5. The van der Waals surface area contributed by atoms with Crippen molar-refractivity contribution in [2.45, 2.75) is 13.3 Å². The van der Waals surface area contributed by atoms with Gasteiger partial charge in [0.15, 0.2) is 5.82 Å². The van der Waals surface area contributed by atoms with Crippen LogP contribution in [-0.4, -0.2) is 16.7 Å². The molecule has 0 bridgehead atoms. The molecule has 0 atom stereocenters. The average molecular weight is 218 g/mol. The number of nitrogen functional groups attached to an aromatic ring is 1. The van der Waals surface area contributed by atoms with Crippen LogP contribution in [-0.2, 0) is 6.42 Å². The maximum absolute atomic E-state index is 5.81. The van der Waals surface area contributed by atoms with Crippen LogP contribution in [0.25, 0.3) is 0 Å². The number of anilines is 2. The van der Waals surface area contributed by atoms with Gasteiger partial charge >= 0.3 is 0 Å². The third-order valence-electron chi connectivity index (χ3n) is 2.36. The summed E-state index contributed by atoms with van der Waals surface area (Å²) in [4.78, 5) is 3.94. The molecule has 0 spiro atoms. The van der Waals surface area contributed by atoms with E-state index >= 15 is 0 Å². The van der Waals surface area contributed by atoms with Gasteiger partial charge in [0.1, 0.15) is 0 Å². The summed E-state index contributed by atoms with van der Waals surface area (Å²) in [7, 11) is 0. The summed E-state index contributed by atoms with van der Waals surface area (Å²) < 4.78 is 4.64. The highest BCUT2D eigenvalue weighted by Gasteiger charge is 1.99. The smallest absolute Gasteiger partial charge is 0.213 e. The van der Waals surface area contributed by atoms with Crippen LogP contribution in [0.2, 0.25) is 0 Å². The largest absolute Gasteiger partial charge is 0.398 e. The third-order valence-corrected chi connectivity index (χ3v) is 2.36. The maximum Gasteiger partial charge on any atom is 0.213 e. The number of aromatic nitrogens is 2. The van der Waals surface area contributed by atoms with Gasteiger partial charge in [-0.1, -0.05) is 11.2 Å². The zero-order valence-electron chi connectivity index (χ0n) is 9.10. The first-order valence-corrected chi connectivity index (χ1v) is 5.11. The molecule has 1 aromatic heterocycles. The van der Waals surface area contributed by atoms with Gasteiger partial charge in [-0.2, -0.15) is 4.98 Å². The number of nitrogens with one attached hydrogen (secondary N) is 1. The minimum Gasteiger partial charge on any atom is -0.398 e. The molecule has 0 unspecified atom stereocenters. The summed E-state index contributed by atoms with van der Waals surface area (Å²) in [5.74, 6) is 0.701. The predicted molar refractivity (Wildman–Crippen MR) is 62.1 cm³/mol. The summed E-state index contributed by atoms with van der Waals surface area (Å²) in [6.07, 6.45) is 2.06. The van der Waals surface area contributed by atoms with E-state index in [1.807, 2.05) is 25.1 Å². The number of nitrogens with zero attached hydrogens (tertiary/aromatic N) is 2. The standard InChI is InChI=1S/C11H14N4O/c1-8-2-3-9(6-10(8)12)13-5-4-11-14-7-16-15-11/h2-3,6-7,13H,4-5,12H2,1H3. The Balaban J connectivity index is 1.87. The van der Waals surface area contributed by atoms with Crippen molar-refractivity contribution in [2.24, 2.45) is 0 Å². The quantitative estimate of drug-likeness (QED) is 0.762. The first-order chi connectivity index (χ1) is 7.75. The van der Waals surface area contributed by atoms with E-state index in [4.69, 9.17) is 5.73 Å². The first kappa shape index (κ1) is 10.5. The van der Waals surface area contributed by atoms with Crippen molar-refractivity contribution in [3.63, 3.8) is 0 Å². The first-order valence-electron chi connectivity index (χ1n) is 5.11. The molecule has 16 heavy (non-hydrogen) atoms. The molecule has 2 aromatic rings. The van der Waals surface area contributed by atoms with Crippen molar-refractivity contribution in [3.05, 3.63) is 36.0 Å². The molecule has 0 aliphatic heterocycles. The second kappa shape index (κ2) is 4.65. The fraction of sp³-hybridized carbons (Fsp3) is 0.273. The zero-order valence-corrected chi connectivity index (χ0v) is 9.10. The van der Waals surface area contributed by atoms with Crippen LogP contribution in [0.3, 0.4) is 0 Å². The van der Waals surface area contributed by atoms with Crippen LogP contribution in [0, 0.1) is 6.92 Å². The van der Waals surface area contributed by atoms with Gasteiger partial charge in [-0.15, -0.1) is 0 Å². The summed E-state index contributed by atoms with van der Waals surface area (Å²) in [6, 6.07) is 5.92. The van der Waals surface area contributed by atoms with Crippen LogP contribution < -0.4 is 11.1 Å². The van der Waals surface area contributed by atoms with Gasteiger partial charge < -0.3 is 15.6 Å². The Morgan fingerprint density at radius 2 is 2.31 bits per heavy atom. The lowest BCUT2D eigenvalue weighted by molar-refractivity contribution is 0.410. The zero-order chi connectivity index (χ0) is 11.4. The Morgan fingerprint density at radius 3 is 3.00 bits per heavy atom. The lowest BCUT2D eigenvalue weighted by Gasteiger charge is -2.07. The maximum atomic E-state index is 5.81. The second-order valence-corrected chi connectivity index (χ2v) is 3.60. The molecular weight excluding hydrogens is 204 g/mol. The summed E-state index contributed by atoms with van der Waals surface area (Å²) in [6.45, 7) is 2.74. The minimum atomic E-state index is 0.701. The van der Waals surface area contributed by atoms with E-state index < -0.39 is 0 Å². The molecule has 5 nitrogen and oxygen atoms in total. The Bertz CT molecular complexity index is 453. The van der Waals surface area contributed by atoms with E-state index in [1.54, 1.807) is 0 Å². The molecule has 0 amide bonds. The average Bonchev–Trinajstić information content (AvgIpc) is 2.76. The Hall–Kier alpha value is -2.04. The molecule has 1 heterocycles. The van der Waals surface area contributed by atoms with Crippen molar-refractivity contribution in [2.75, 3.05) is 17.6 Å². The van der Waals surface area contributed by atoms with E-state index in [-0.39, 0.29) is 0 Å². The van der Waals surface area contributed by atoms with Crippen LogP contribution in [0.4, 0.5) is 11.4 Å². The molecule has 5 heteroatoms. The number of aryl methyl sites for hydroxylation is 1. The van der Waals surface area contributed by atoms with E-state index in [0.29, 0.717) is 5.82 Å². The molecule has 0 aliphatic rings. The molecule has 2 rings (SSSR count). The van der Waals surface area contributed by atoms with Crippen molar-refractivity contribution < 1.29 is 4.52 Å². The second-order valence-electron chi connectivity index (χ2n) is 3.60. The fourth-order valence-corrected chi connectivity index (χ4v) is 1.37. The number of benzene rings is 1. The highest BCUT2D eigenvalue weighted by atomic mass is 16.5. The molecular formula is C11H14N4O. The Morgan fingerprint density at radius 1 is 1.44 bits per heavy atom. The number of nitrogens with two attached hydrogens (primary N) is 1. The van der Waals surface area contributed by atoms with Gasteiger partial charge in [-0.25, -0.2) is 0 Å². The molecule has 1 aromatic carbocycles. The highest BCUT2D eigenvalue weighted by Crippen LogP contribution is 2.16. The molecule has 0 aliphatic carbocycles. The van der Waals surface area contributed by atoms with Crippen LogP contribution in [0.5, 0.6) is 0 Å². The van der Waals surface area contributed by atoms with Crippen molar-refractivity contribution in [3.8, 4) is 0 Å². The van der Waals surface area contributed by atoms with Crippen molar-refractivity contribution in [1.82, 2.24) is 10.1 Å². The lowest BCUT2D eigenvalue weighted by atomic mass is 10.2. The number of rotatable bonds is 4. The monoisotopic (exact) mass is 218 g/mol. The third kappa shape index (κ3) is 2.50. The fourth-order valence-electron chi connectivity index (χ4n) is 1.37. The van der Waals surface area contributed by atoms with Crippen molar-refractivity contribution in [1.29, 1.82) is 0 Å². The number of hydrogen-bond donors (Lipinski definition) is 2. The van der Waals surface area contributed by atoms with Crippen LogP contribution >= 0.6 is 0 Å². The van der Waals surface area contributed by atoms with Gasteiger partial charge in [0.25, 0.3) is 0 Å². The van der Waals surface area contributed by atoms with Crippen LogP contribution in [0.15, 0.2) is 29.1 Å². The van der Waals surface area contributed by atoms with E-state index in [1.165, 1.54) is 6.39 Å². The molecule has 3 N–H and O–H groups in total. The lowest BCUT2D eigenvalue weighted by Crippen LogP contribution is -2.06. The SMILES string of the molecule is Cc1ccc(NCCc2ncon2)cc1N. The van der Waals surface area contributed by atoms with Crippen molar-refractivity contribution >= 4 is 11.4 Å². The van der Waals surface area contributed by atoms with Gasteiger partial charge in [0.05, 0.1) is 0 Å². The predicted octanol–water partition coefficient (Wildman–Crippen LogP) is 1.61. The van der Waals surface area contributed by atoms with E-state index in [9.17, 15) is 0 Å². The van der Waals surface area contributed by atoms with E-state index in [2.05, 4.69) is 20.0 Å².